The van der Waals surface area contributed by atoms with E-state index < -0.39 is 6.04 Å². The number of aryl methyl sites for hydroxylation is 2. The molecule has 0 heterocycles. The topological polar surface area (TPSA) is 49.4 Å². The van der Waals surface area contributed by atoms with Crippen molar-refractivity contribution >= 4 is 23.6 Å². The van der Waals surface area contributed by atoms with Gasteiger partial charge in [-0.15, -0.1) is 11.8 Å². The third-order valence-corrected chi connectivity index (χ3v) is 6.88. The van der Waals surface area contributed by atoms with Crippen LogP contribution in [0, 0.1) is 19.7 Å². The van der Waals surface area contributed by atoms with Crippen LogP contribution >= 0.6 is 11.8 Å². The molecule has 0 bridgehead atoms. The maximum absolute atomic E-state index is 14.6. The van der Waals surface area contributed by atoms with Crippen molar-refractivity contribution in [1.82, 2.24) is 10.2 Å². The molecular weight excluding hydrogens is 471 g/mol. The summed E-state index contributed by atoms with van der Waals surface area (Å²) in [5.74, 6) is 0.108. The fraction of sp³-hybridized carbons (Fsp3) is 0.333. The monoisotopic (exact) mass is 506 g/mol. The van der Waals surface area contributed by atoms with Crippen molar-refractivity contribution in [2.45, 2.75) is 52.0 Å². The van der Waals surface area contributed by atoms with E-state index in [-0.39, 0.29) is 29.9 Å². The van der Waals surface area contributed by atoms with Gasteiger partial charge in [-0.1, -0.05) is 84.8 Å². The Morgan fingerprint density at radius 1 is 0.944 bits per heavy atom. The van der Waals surface area contributed by atoms with Gasteiger partial charge in [0, 0.05) is 30.8 Å². The second kappa shape index (κ2) is 13.8. The largest absolute Gasteiger partial charge is 0.354 e. The maximum atomic E-state index is 14.6. The molecule has 0 aliphatic rings. The molecule has 190 valence electrons. The molecule has 3 rings (SSSR count). The lowest BCUT2D eigenvalue weighted by atomic mass is 10.0. The van der Waals surface area contributed by atoms with Gasteiger partial charge in [-0.3, -0.25) is 9.59 Å². The molecule has 3 aromatic rings. The van der Waals surface area contributed by atoms with E-state index in [0.29, 0.717) is 24.3 Å². The Hall–Kier alpha value is -3.12. The fourth-order valence-corrected chi connectivity index (χ4v) is 5.07. The first-order chi connectivity index (χ1) is 17.4. The van der Waals surface area contributed by atoms with Crippen molar-refractivity contribution in [2.75, 3.05) is 12.3 Å². The summed E-state index contributed by atoms with van der Waals surface area (Å²) in [6.07, 6.45) is 1.15. The molecule has 2 amide bonds. The van der Waals surface area contributed by atoms with Crippen LogP contribution in [0.25, 0.3) is 0 Å². The average molecular weight is 507 g/mol. The predicted molar refractivity (Wildman–Crippen MR) is 146 cm³/mol. The molecule has 1 atom stereocenters. The summed E-state index contributed by atoms with van der Waals surface area (Å²) in [5, 5.41) is 2.95. The van der Waals surface area contributed by atoms with Gasteiger partial charge in [0.1, 0.15) is 11.9 Å². The molecule has 0 saturated heterocycles. The quantitative estimate of drug-likeness (QED) is 0.336. The van der Waals surface area contributed by atoms with E-state index in [4.69, 9.17) is 0 Å². The van der Waals surface area contributed by atoms with Gasteiger partial charge >= 0.3 is 0 Å². The van der Waals surface area contributed by atoms with Gasteiger partial charge in [0.25, 0.3) is 0 Å². The third kappa shape index (κ3) is 8.23. The lowest BCUT2D eigenvalue weighted by Crippen LogP contribution is -2.51. The lowest BCUT2D eigenvalue weighted by Gasteiger charge is -2.31. The molecule has 0 aromatic heterocycles. The van der Waals surface area contributed by atoms with Gasteiger partial charge in [-0.2, -0.15) is 0 Å². The number of thioether (sulfide) groups is 1. The molecule has 0 saturated carbocycles. The number of benzene rings is 3. The molecule has 1 N–H and O–H groups in total. The number of nitrogens with one attached hydrogen (secondary N) is 1. The Morgan fingerprint density at radius 2 is 1.61 bits per heavy atom. The minimum Gasteiger partial charge on any atom is -0.354 e. The Morgan fingerprint density at radius 3 is 2.28 bits per heavy atom. The summed E-state index contributed by atoms with van der Waals surface area (Å²) in [6, 6.07) is 21.7. The molecular formula is C30H35FN2O2S. The molecule has 4 nitrogen and oxygen atoms in total. The van der Waals surface area contributed by atoms with Crippen LogP contribution in [0.5, 0.6) is 0 Å². The van der Waals surface area contributed by atoms with E-state index in [0.717, 1.165) is 17.5 Å². The molecule has 36 heavy (non-hydrogen) atoms. The van der Waals surface area contributed by atoms with Crippen molar-refractivity contribution in [3.05, 3.63) is 106 Å². The van der Waals surface area contributed by atoms with Crippen LogP contribution in [0.3, 0.4) is 0 Å². The van der Waals surface area contributed by atoms with Crippen LogP contribution in [0.4, 0.5) is 4.39 Å². The zero-order chi connectivity index (χ0) is 25.9. The highest BCUT2D eigenvalue weighted by atomic mass is 32.2. The van der Waals surface area contributed by atoms with Crippen molar-refractivity contribution in [1.29, 1.82) is 0 Å². The van der Waals surface area contributed by atoms with Gasteiger partial charge in [0.2, 0.25) is 11.8 Å². The SMILES string of the molecule is CCCNC(=O)C(Cc1ccccc1)N(Cc1ccccc1F)C(=O)CSCc1cc(C)cc(C)c1. The van der Waals surface area contributed by atoms with E-state index in [1.807, 2.05) is 37.3 Å². The van der Waals surface area contributed by atoms with Crippen LogP contribution in [0.1, 0.15) is 41.2 Å². The van der Waals surface area contributed by atoms with E-state index in [1.165, 1.54) is 29.0 Å². The average Bonchev–Trinajstić information content (AvgIpc) is 2.85. The van der Waals surface area contributed by atoms with Crippen molar-refractivity contribution in [2.24, 2.45) is 0 Å². The highest BCUT2D eigenvalue weighted by molar-refractivity contribution is 7.99. The highest BCUT2D eigenvalue weighted by Crippen LogP contribution is 2.20. The predicted octanol–water partition coefficient (Wildman–Crippen LogP) is 5.84. The summed E-state index contributed by atoms with van der Waals surface area (Å²) in [4.78, 5) is 28.4. The number of carbonyl (C=O) groups excluding carboxylic acids is 2. The lowest BCUT2D eigenvalue weighted by molar-refractivity contribution is -0.139. The Bertz CT molecular complexity index is 1130. The normalized spacial score (nSPS) is 11.7. The molecule has 0 spiro atoms. The molecule has 0 radical (unpaired) electrons. The first-order valence-corrected chi connectivity index (χ1v) is 13.5. The Kier molecular flexibility index (Phi) is 10.6. The zero-order valence-corrected chi connectivity index (χ0v) is 22.1. The molecule has 0 fully saturated rings. The van der Waals surface area contributed by atoms with Crippen molar-refractivity contribution in [3.8, 4) is 0 Å². The Labute approximate surface area is 218 Å². The smallest absolute Gasteiger partial charge is 0.243 e. The molecule has 1 unspecified atom stereocenters. The number of rotatable bonds is 12. The number of carbonyl (C=O) groups is 2. The Balaban J connectivity index is 1.84. The fourth-order valence-electron chi connectivity index (χ4n) is 4.22. The minimum atomic E-state index is -0.743. The van der Waals surface area contributed by atoms with Crippen LogP contribution in [-0.2, 0) is 28.3 Å². The number of hydrogen-bond acceptors (Lipinski definition) is 3. The van der Waals surface area contributed by atoms with Crippen LogP contribution in [0.15, 0.2) is 72.8 Å². The van der Waals surface area contributed by atoms with Crippen molar-refractivity contribution in [3.63, 3.8) is 0 Å². The number of amides is 2. The third-order valence-electron chi connectivity index (χ3n) is 5.89. The first-order valence-electron chi connectivity index (χ1n) is 12.4. The van der Waals surface area contributed by atoms with Gasteiger partial charge < -0.3 is 10.2 Å². The summed E-state index contributed by atoms with van der Waals surface area (Å²) < 4.78 is 14.6. The highest BCUT2D eigenvalue weighted by Gasteiger charge is 2.30. The molecule has 0 aliphatic heterocycles. The van der Waals surface area contributed by atoms with Crippen molar-refractivity contribution < 1.29 is 14.0 Å². The number of halogens is 1. The van der Waals surface area contributed by atoms with Gasteiger partial charge in [0.05, 0.1) is 5.75 Å². The van der Waals surface area contributed by atoms with Crippen LogP contribution in [0.2, 0.25) is 0 Å². The molecule has 0 aliphatic carbocycles. The minimum absolute atomic E-state index is 0.0344. The summed E-state index contributed by atoms with van der Waals surface area (Å²) in [7, 11) is 0. The maximum Gasteiger partial charge on any atom is 0.243 e. The first kappa shape index (κ1) is 27.5. The van der Waals surface area contributed by atoms with Gasteiger partial charge in [0.15, 0.2) is 0 Å². The summed E-state index contributed by atoms with van der Waals surface area (Å²) >= 11 is 1.51. The van der Waals surface area contributed by atoms with Crippen LogP contribution in [-0.4, -0.2) is 35.1 Å². The standard InChI is InChI=1S/C30H35FN2O2S/c1-4-14-32-30(35)28(18-24-10-6-5-7-11-24)33(19-26-12-8-9-13-27(26)31)29(34)21-36-20-25-16-22(2)15-23(3)17-25/h5-13,15-17,28H,4,14,18-21H2,1-3H3,(H,32,35). The van der Waals surface area contributed by atoms with Gasteiger partial charge in [-0.05, 0) is 37.5 Å². The number of hydrogen-bond donors (Lipinski definition) is 1. The van der Waals surface area contributed by atoms with E-state index in [9.17, 15) is 14.0 Å². The molecule has 3 aromatic carbocycles. The van der Waals surface area contributed by atoms with E-state index in [1.54, 1.807) is 23.1 Å². The van der Waals surface area contributed by atoms with E-state index in [2.05, 4.69) is 37.4 Å². The van der Waals surface area contributed by atoms with Crippen LogP contribution < -0.4 is 5.32 Å². The summed E-state index contributed by atoms with van der Waals surface area (Å²) in [5.41, 5.74) is 4.88. The number of nitrogens with zero attached hydrogens (tertiary/aromatic N) is 1. The molecule has 6 heteroatoms. The van der Waals surface area contributed by atoms with E-state index >= 15 is 0 Å². The van der Waals surface area contributed by atoms with Gasteiger partial charge in [-0.25, -0.2) is 4.39 Å². The zero-order valence-electron chi connectivity index (χ0n) is 21.3. The second-order valence-electron chi connectivity index (χ2n) is 9.10. The summed E-state index contributed by atoms with van der Waals surface area (Å²) in [6.45, 7) is 6.66. The second-order valence-corrected chi connectivity index (χ2v) is 10.1.